The van der Waals surface area contributed by atoms with Gasteiger partial charge in [0.05, 0.1) is 18.8 Å². The number of aryl methyl sites for hydroxylation is 2. The molecule has 1 aliphatic rings. The number of piperazine rings is 1. The highest BCUT2D eigenvalue weighted by molar-refractivity contribution is 5.90. The van der Waals surface area contributed by atoms with E-state index in [1.807, 2.05) is 13.8 Å². The van der Waals surface area contributed by atoms with E-state index in [9.17, 15) is 13.2 Å². The van der Waals surface area contributed by atoms with Gasteiger partial charge in [0.25, 0.3) is 0 Å². The molecule has 34 heavy (non-hydrogen) atoms. The summed E-state index contributed by atoms with van der Waals surface area (Å²) in [5.74, 6) is 1.36. The Morgan fingerprint density at radius 2 is 2.09 bits per heavy atom. The lowest BCUT2D eigenvalue weighted by Crippen LogP contribution is -2.49. The first kappa shape index (κ1) is 24.1. The Bertz CT molecular complexity index is 1130. The fourth-order valence-electron chi connectivity index (χ4n) is 3.83. The highest BCUT2D eigenvalue weighted by atomic mass is 19.4. The van der Waals surface area contributed by atoms with Crippen LogP contribution >= 0.6 is 0 Å². The van der Waals surface area contributed by atoms with Crippen LogP contribution in [0.2, 0.25) is 0 Å². The molecule has 0 aliphatic carbocycles. The zero-order valence-electron chi connectivity index (χ0n) is 19.4. The molecule has 184 valence electrons. The molecule has 1 saturated heterocycles. The molecule has 0 radical (unpaired) electrons. The highest BCUT2D eigenvalue weighted by Crippen LogP contribution is 2.29. The van der Waals surface area contributed by atoms with Crippen LogP contribution in [0.1, 0.15) is 25.2 Å². The highest BCUT2D eigenvalue weighted by Gasteiger charge is 2.28. The van der Waals surface area contributed by atoms with Crippen molar-refractivity contribution in [2.24, 2.45) is 0 Å². The van der Waals surface area contributed by atoms with Crippen molar-refractivity contribution in [1.29, 1.82) is 0 Å². The molecule has 0 spiro atoms. The third-order valence-electron chi connectivity index (χ3n) is 5.37. The number of nitrogens with one attached hydrogen (secondary N) is 2. The van der Waals surface area contributed by atoms with Gasteiger partial charge in [-0.25, -0.2) is 15.0 Å². The van der Waals surface area contributed by atoms with Crippen LogP contribution in [-0.4, -0.2) is 74.8 Å². The van der Waals surface area contributed by atoms with Gasteiger partial charge < -0.3 is 20.3 Å². The number of halogens is 3. The van der Waals surface area contributed by atoms with Gasteiger partial charge in [0.1, 0.15) is 17.6 Å². The van der Waals surface area contributed by atoms with Crippen LogP contribution < -0.4 is 15.5 Å². The van der Waals surface area contributed by atoms with Crippen LogP contribution in [0, 0.1) is 6.92 Å². The van der Waals surface area contributed by atoms with Crippen molar-refractivity contribution in [3.8, 4) is 0 Å². The predicted octanol–water partition coefficient (Wildman–Crippen LogP) is 2.61. The number of hydrogen-bond donors (Lipinski definition) is 2. The van der Waals surface area contributed by atoms with Gasteiger partial charge in [-0.2, -0.15) is 23.3 Å². The lowest BCUT2D eigenvalue weighted by Gasteiger charge is -2.32. The fourth-order valence-corrected chi connectivity index (χ4v) is 3.83. The lowest BCUT2D eigenvalue weighted by atomic mass is 10.2. The minimum Gasteiger partial charge on any atom is -0.370 e. The Balaban J connectivity index is 1.74. The smallest absolute Gasteiger partial charge is 0.370 e. The molecule has 0 saturated carbocycles. The first-order valence-electron chi connectivity index (χ1n) is 11.2. The van der Waals surface area contributed by atoms with E-state index in [4.69, 9.17) is 14.7 Å². The Kier molecular flexibility index (Phi) is 7.12. The van der Waals surface area contributed by atoms with Gasteiger partial charge in [-0.1, -0.05) is 6.92 Å². The van der Waals surface area contributed by atoms with Gasteiger partial charge in [-0.15, -0.1) is 0 Å². The number of nitrogens with zero attached hydrogens (tertiary/aromatic N) is 7. The minimum absolute atomic E-state index is 0.114. The van der Waals surface area contributed by atoms with Crippen molar-refractivity contribution < 1.29 is 17.9 Å². The normalized spacial score (nSPS) is 16.9. The van der Waals surface area contributed by atoms with E-state index in [2.05, 4.69) is 37.5 Å². The zero-order valence-corrected chi connectivity index (χ0v) is 19.4. The van der Waals surface area contributed by atoms with Crippen LogP contribution in [0.3, 0.4) is 0 Å². The van der Waals surface area contributed by atoms with Crippen molar-refractivity contribution in [2.75, 3.05) is 43.1 Å². The topological polar surface area (TPSA) is 106 Å². The van der Waals surface area contributed by atoms with Crippen LogP contribution in [0.15, 0.2) is 12.3 Å². The second-order valence-electron chi connectivity index (χ2n) is 8.21. The van der Waals surface area contributed by atoms with Crippen LogP contribution in [-0.2, 0) is 17.7 Å². The summed E-state index contributed by atoms with van der Waals surface area (Å²) in [6.45, 7) is 6.86. The molecular weight excluding hydrogens is 451 g/mol. The number of rotatable bonds is 8. The molecular formula is C21H28F3N9O. The molecule has 4 rings (SSSR count). The maximum absolute atomic E-state index is 12.5. The van der Waals surface area contributed by atoms with Crippen molar-refractivity contribution in [2.45, 2.75) is 46.0 Å². The molecule has 0 bridgehead atoms. The molecule has 0 amide bonds. The molecule has 1 fully saturated rings. The van der Waals surface area contributed by atoms with Crippen molar-refractivity contribution in [3.63, 3.8) is 0 Å². The summed E-state index contributed by atoms with van der Waals surface area (Å²) in [4.78, 5) is 20.4. The summed E-state index contributed by atoms with van der Waals surface area (Å²) in [5.41, 5.74) is 2.72. The molecule has 2 N–H and O–H groups in total. The summed E-state index contributed by atoms with van der Waals surface area (Å²) in [7, 11) is 0. The minimum atomic E-state index is -4.38. The molecule has 0 unspecified atom stereocenters. The van der Waals surface area contributed by atoms with Crippen molar-refractivity contribution >= 4 is 28.7 Å². The maximum Gasteiger partial charge on any atom is 0.411 e. The summed E-state index contributed by atoms with van der Waals surface area (Å²) in [6, 6.07) is 2.06. The predicted molar refractivity (Wildman–Crippen MR) is 121 cm³/mol. The van der Waals surface area contributed by atoms with Gasteiger partial charge in [0.2, 0.25) is 11.9 Å². The van der Waals surface area contributed by atoms with Gasteiger partial charge in [0, 0.05) is 37.6 Å². The van der Waals surface area contributed by atoms with E-state index < -0.39 is 12.8 Å². The van der Waals surface area contributed by atoms with E-state index in [0.717, 1.165) is 31.0 Å². The molecule has 1 aliphatic heterocycles. The second-order valence-corrected chi connectivity index (χ2v) is 8.21. The SMILES string of the molecule is CCc1nn(CCOCC(F)(F)F)c2c(Nc3nccc(C)n3)nc(N3CCN[C@H](C)C3)nc12. The zero-order chi connectivity index (χ0) is 24.3. The Morgan fingerprint density at radius 3 is 2.79 bits per heavy atom. The molecule has 13 heteroatoms. The second kappa shape index (κ2) is 10.1. The monoisotopic (exact) mass is 479 g/mol. The Labute approximate surface area is 194 Å². The molecule has 3 aromatic heterocycles. The first-order valence-corrected chi connectivity index (χ1v) is 11.2. The van der Waals surface area contributed by atoms with Gasteiger partial charge in [0.15, 0.2) is 5.82 Å². The van der Waals surface area contributed by atoms with E-state index in [1.165, 1.54) is 0 Å². The summed E-state index contributed by atoms with van der Waals surface area (Å²) in [6.07, 6.45) is -2.14. The average Bonchev–Trinajstić information content (AvgIpc) is 3.14. The maximum atomic E-state index is 12.5. The number of hydrogen-bond acceptors (Lipinski definition) is 9. The van der Waals surface area contributed by atoms with E-state index in [0.29, 0.717) is 35.2 Å². The standard InChI is InChI=1S/C21H28F3N9O/c1-4-15-16-17(33(31-15)9-10-34-12-21(22,23)24)18(29-19-26-6-5-13(2)27-19)30-20(28-16)32-8-7-25-14(3)11-32/h5-6,14,25H,4,7-12H2,1-3H3,(H,26,27,28,29,30)/t14-/m1/s1. The van der Waals surface area contributed by atoms with Gasteiger partial charge >= 0.3 is 6.18 Å². The van der Waals surface area contributed by atoms with Crippen LogP contribution in [0.5, 0.6) is 0 Å². The van der Waals surface area contributed by atoms with Crippen LogP contribution in [0.25, 0.3) is 11.0 Å². The molecule has 0 aromatic carbocycles. The first-order chi connectivity index (χ1) is 16.2. The van der Waals surface area contributed by atoms with Crippen LogP contribution in [0.4, 0.5) is 30.9 Å². The molecule has 1 atom stereocenters. The number of anilines is 3. The Hall–Kier alpha value is -3.06. The summed E-state index contributed by atoms with van der Waals surface area (Å²) >= 11 is 0. The van der Waals surface area contributed by atoms with E-state index in [1.54, 1.807) is 16.9 Å². The third-order valence-corrected chi connectivity index (χ3v) is 5.37. The largest absolute Gasteiger partial charge is 0.411 e. The number of fused-ring (bicyclic) bond motifs is 1. The van der Waals surface area contributed by atoms with E-state index in [-0.39, 0.29) is 19.2 Å². The van der Waals surface area contributed by atoms with Gasteiger partial charge in [-0.05, 0) is 26.3 Å². The quantitative estimate of drug-likeness (QED) is 0.472. The number of alkyl halides is 3. The van der Waals surface area contributed by atoms with Gasteiger partial charge in [-0.3, -0.25) is 4.68 Å². The van der Waals surface area contributed by atoms with Crippen molar-refractivity contribution in [1.82, 2.24) is 35.0 Å². The Morgan fingerprint density at radius 1 is 1.26 bits per heavy atom. The summed E-state index contributed by atoms with van der Waals surface area (Å²) in [5, 5.41) is 11.2. The average molecular weight is 480 g/mol. The number of aromatic nitrogens is 6. The number of ether oxygens (including phenoxy) is 1. The lowest BCUT2D eigenvalue weighted by molar-refractivity contribution is -0.174. The molecule has 10 nitrogen and oxygen atoms in total. The van der Waals surface area contributed by atoms with E-state index >= 15 is 0 Å². The molecule has 3 aromatic rings. The third kappa shape index (κ3) is 5.70. The molecule has 4 heterocycles. The fraction of sp³-hybridized carbons (Fsp3) is 0.571. The van der Waals surface area contributed by atoms with Crippen molar-refractivity contribution in [3.05, 3.63) is 23.7 Å². The summed E-state index contributed by atoms with van der Waals surface area (Å²) < 4.78 is 43.8.